The number of nitrogens with one attached hydrogen (secondary N) is 1. The van der Waals surface area contributed by atoms with Gasteiger partial charge in [-0.1, -0.05) is 29.4 Å². The summed E-state index contributed by atoms with van der Waals surface area (Å²) >= 11 is 0. The highest BCUT2D eigenvalue weighted by Crippen LogP contribution is 2.21. The quantitative estimate of drug-likeness (QED) is 0.438. The molecule has 2 heterocycles. The highest BCUT2D eigenvalue weighted by Gasteiger charge is 2.21. The zero-order valence-corrected chi connectivity index (χ0v) is 19.6. The second-order valence-electron chi connectivity index (χ2n) is 8.26. The average molecular weight is 445 g/mol. The lowest BCUT2D eigenvalue weighted by atomic mass is 10.1. The van der Waals surface area contributed by atoms with Crippen LogP contribution in [-0.2, 0) is 13.2 Å². The Hall–Kier alpha value is -3.87. The van der Waals surface area contributed by atoms with E-state index in [1.165, 1.54) is 0 Å². The molecule has 1 N–H and O–H groups in total. The maximum Gasteiger partial charge on any atom is 0.274 e. The van der Waals surface area contributed by atoms with Gasteiger partial charge in [-0.05, 0) is 70.0 Å². The van der Waals surface area contributed by atoms with Gasteiger partial charge in [0.15, 0.2) is 5.69 Å². The molecule has 4 rings (SSSR count). The molecule has 170 valence electrons. The average Bonchev–Trinajstić information content (AvgIpc) is 3.29. The summed E-state index contributed by atoms with van der Waals surface area (Å²) in [5.41, 5.74) is 6.91. The number of rotatable bonds is 7. The van der Waals surface area contributed by atoms with Crippen LogP contribution in [0, 0.1) is 34.6 Å². The number of carbonyl (C=O) groups excluding carboxylic acids is 1. The smallest absolute Gasteiger partial charge is 0.274 e. The van der Waals surface area contributed by atoms with Crippen molar-refractivity contribution in [3.05, 3.63) is 93.6 Å². The maximum absolute atomic E-state index is 13.0. The van der Waals surface area contributed by atoms with Gasteiger partial charge in [-0.25, -0.2) is 4.68 Å². The molecule has 2 aromatic carbocycles. The summed E-state index contributed by atoms with van der Waals surface area (Å²) < 4.78 is 13.1. The third-order valence-electron chi connectivity index (χ3n) is 5.65. The summed E-state index contributed by atoms with van der Waals surface area (Å²) in [6.45, 7) is 10.3. The first-order valence-electron chi connectivity index (χ1n) is 10.9. The number of aryl methyl sites for hydroxylation is 4. The standard InChI is InChI=1S/C26H28N4O3/c1-16-11-17(2)13-22(12-16)32-15-24-20(5)33-29-25(24)26(31)27-14-23-18(3)28-30(19(23)4)21-9-7-6-8-10-21/h6-13H,14-15H2,1-5H3,(H,27,31). The Morgan fingerprint density at radius 2 is 1.70 bits per heavy atom. The number of hydrogen-bond donors (Lipinski definition) is 1. The molecular formula is C26H28N4O3. The lowest BCUT2D eigenvalue weighted by Gasteiger charge is -2.09. The molecule has 0 atom stereocenters. The molecule has 0 aliphatic rings. The minimum Gasteiger partial charge on any atom is -0.489 e. The Bertz CT molecular complexity index is 1270. The zero-order valence-electron chi connectivity index (χ0n) is 19.6. The summed E-state index contributed by atoms with van der Waals surface area (Å²) in [5, 5.41) is 11.6. The zero-order chi connectivity index (χ0) is 23.5. The minimum absolute atomic E-state index is 0.199. The molecule has 0 fully saturated rings. The highest BCUT2D eigenvalue weighted by atomic mass is 16.5. The van der Waals surface area contributed by atoms with Crippen molar-refractivity contribution in [3.8, 4) is 11.4 Å². The van der Waals surface area contributed by atoms with E-state index in [0.29, 0.717) is 17.9 Å². The second-order valence-corrected chi connectivity index (χ2v) is 8.26. The summed E-state index contributed by atoms with van der Waals surface area (Å²) in [6.07, 6.45) is 0. The molecule has 1 amide bonds. The Balaban J connectivity index is 1.47. The molecule has 0 saturated heterocycles. The van der Waals surface area contributed by atoms with E-state index >= 15 is 0 Å². The Labute approximate surface area is 193 Å². The third kappa shape index (κ3) is 4.82. The number of ether oxygens (including phenoxy) is 1. The Morgan fingerprint density at radius 1 is 1.00 bits per heavy atom. The molecular weight excluding hydrogens is 416 g/mol. The van der Waals surface area contributed by atoms with Crippen LogP contribution >= 0.6 is 0 Å². The molecule has 7 nitrogen and oxygen atoms in total. The molecule has 0 bridgehead atoms. The van der Waals surface area contributed by atoms with Crippen molar-refractivity contribution in [1.29, 1.82) is 0 Å². The first-order valence-corrected chi connectivity index (χ1v) is 10.9. The summed E-state index contributed by atoms with van der Waals surface area (Å²) in [4.78, 5) is 13.0. The molecule has 7 heteroatoms. The van der Waals surface area contributed by atoms with Crippen LogP contribution in [0.15, 0.2) is 53.1 Å². The van der Waals surface area contributed by atoms with Gasteiger partial charge in [0.05, 0.1) is 16.9 Å². The number of carbonyl (C=O) groups is 1. The fraction of sp³-hybridized carbons (Fsp3) is 0.269. The van der Waals surface area contributed by atoms with Gasteiger partial charge in [-0.3, -0.25) is 4.79 Å². The molecule has 0 aliphatic carbocycles. The Morgan fingerprint density at radius 3 is 2.39 bits per heavy atom. The van der Waals surface area contributed by atoms with E-state index in [1.54, 1.807) is 6.92 Å². The minimum atomic E-state index is -0.308. The summed E-state index contributed by atoms with van der Waals surface area (Å²) in [7, 11) is 0. The van der Waals surface area contributed by atoms with Gasteiger partial charge in [0.2, 0.25) is 0 Å². The SMILES string of the molecule is Cc1cc(C)cc(OCc2c(C(=O)NCc3c(C)nn(-c4ccccc4)c3C)noc2C)c1. The van der Waals surface area contributed by atoms with E-state index < -0.39 is 0 Å². The molecule has 0 spiro atoms. The summed E-state index contributed by atoms with van der Waals surface area (Å²) in [6, 6.07) is 15.9. The van der Waals surface area contributed by atoms with E-state index in [0.717, 1.165) is 39.5 Å². The van der Waals surface area contributed by atoms with Gasteiger partial charge >= 0.3 is 0 Å². The molecule has 4 aromatic rings. The van der Waals surface area contributed by atoms with Crippen LogP contribution in [0.3, 0.4) is 0 Å². The lowest BCUT2D eigenvalue weighted by Crippen LogP contribution is -2.25. The topological polar surface area (TPSA) is 82.2 Å². The Kier molecular flexibility index (Phi) is 6.31. The van der Waals surface area contributed by atoms with E-state index in [1.807, 2.05) is 74.8 Å². The first kappa shape index (κ1) is 22.3. The van der Waals surface area contributed by atoms with Crippen LogP contribution in [0.4, 0.5) is 0 Å². The van der Waals surface area contributed by atoms with E-state index in [2.05, 4.69) is 21.6 Å². The van der Waals surface area contributed by atoms with Crippen LogP contribution in [0.25, 0.3) is 5.69 Å². The van der Waals surface area contributed by atoms with Gasteiger partial charge < -0.3 is 14.6 Å². The van der Waals surface area contributed by atoms with Crippen LogP contribution in [0.1, 0.15) is 49.9 Å². The summed E-state index contributed by atoms with van der Waals surface area (Å²) in [5.74, 6) is 1.00. The van der Waals surface area contributed by atoms with Gasteiger partial charge in [-0.2, -0.15) is 5.10 Å². The predicted octanol–water partition coefficient (Wildman–Crippen LogP) is 4.91. The predicted molar refractivity (Wildman–Crippen MR) is 126 cm³/mol. The molecule has 0 radical (unpaired) electrons. The molecule has 0 saturated carbocycles. The lowest BCUT2D eigenvalue weighted by molar-refractivity contribution is 0.0939. The van der Waals surface area contributed by atoms with Crippen molar-refractivity contribution in [1.82, 2.24) is 20.3 Å². The van der Waals surface area contributed by atoms with Crippen molar-refractivity contribution in [2.24, 2.45) is 0 Å². The van der Waals surface area contributed by atoms with Crippen LogP contribution in [0.5, 0.6) is 5.75 Å². The molecule has 0 aliphatic heterocycles. The number of hydrogen-bond acceptors (Lipinski definition) is 5. The molecule has 0 unspecified atom stereocenters. The fourth-order valence-corrected chi connectivity index (χ4v) is 3.92. The first-order chi connectivity index (χ1) is 15.8. The van der Waals surface area contributed by atoms with Gasteiger partial charge in [0.1, 0.15) is 18.1 Å². The normalized spacial score (nSPS) is 10.9. The van der Waals surface area contributed by atoms with Crippen molar-refractivity contribution < 1.29 is 14.1 Å². The number of para-hydroxylation sites is 1. The van der Waals surface area contributed by atoms with Crippen LogP contribution in [-0.4, -0.2) is 20.8 Å². The number of benzene rings is 2. The number of amides is 1. The maximum atomic E-state index is 13.0. The number of nitrogens with zero attached hydrogens (tertiary/aromatic N) is 3. The van der Waals surface area contributed by atoms with Gasteiger partial charge in [-0.15, -0.1) is 0 Å². The van der Waals surface area contributed by atoms with Crippen LogP contribution in [0.2, 0.25) is 0 Å². The van der Waals surface area contributed by atoms with Crippen molar-refractivity contribution in [2.75, 3.05) is 0 Å². The highest BCUT2D eigenvalue weighted by molar-refractivity contribution is 5.93. The second kappa shape index (κ2) is 9.32. The van der Waals surface area contributed by atoms with Crippen molar-refractivity contribution >= 4 is 5.91 Å². The van der Waals surface area contributed by atoms with Gasteiger partial charge in [0.25, 0.3) is 5.91 Å². The van der Waals surface area contributed by atoms with Crippen molar-refractivity contribution in [2.45, 2.75) is 47.8 Å². The van der Waals surface area contributed by atoms with E-state index in [4.69, 9.17) is 9.26 Å². The third-order valence-corrected chi connectivity index (χ3v) is 5.65. The largest absolute Gasteiger partial charge is 0.489 e. The fourth-order valence-electron chi connectivity index (χ4n) is 3.92. The van der Waals surface area contributed by atoms with Crippen molar-refractivity contribution in [3.63, 3.8) is 0 Å². The number of aromatic nitrogens is 3. The van der Waals surface area contributed by atoms with E-state index in [9.17, 15) is 4.79 Å². The molecule has 33 heavy (non-hydrogen) atoms. The molecule has 2 aromatic heterocycles. The van der Waals surface area contributed by atoms with Gasteiger partial charge in [0, 0.05) is 17.8 Å². The monoisotopic (exact) mass is 444 g/mol. The van der Waals surface area contributed by atoms with Crippen LogP contribution < -0.4 is 10.1 Å². The van der Waals surface area contributed by atoms with E-state index in [-0.39, 0.29) is 18.2 Å².